The topological polar surface area (TPSA) is 52.7 Å². The molecule has 6 heteroatoms. The van der Waals surface area contributed by atoms with E-state index >= 15 is 0 Å². The van der Waals surface area contributed by atoms with Gasteiger partial charge < -0.3 is 10.2 Å². The Morgan fingerprint density at radius 3 is 2.35 bits per heavy atom. The lowest BCUT2D eigenvalue weighted by Gasteiger charge is -2.31. The number of amides is 2. The van der Waals surface area contributed by atoms with E-state index in [0.29, 0.717) is 31.3 Å². The molecule has 2 saturated heterocycles. The number of carbonyl (C=O) groups is 2. The summed E-state index contributed by atoms with van der Waals surface area (Å²) in [6.07, 6.45) is 4.88. The predicted molar refractivity (Wildman–Crippen MR) is 97.8 cm³/mol. The zero-order chi connectivity index (χ0) is 18.4. The first-order valence-electron chi connectivity index (χ1n) is 9.61. The standard InChI is InChI=1S/C20H28FN3O2/c21-18-5-3-17(4-6-18)14-22-19(25)15-23-11-7-16(8-12-23)13-20(26)24-9-1-2-10-24/h3-6,16H,1-2,7-15H2,(H,22,25). The van der Waals surface area contributed by atoms with Crippen LogP contribution >= 0.6 is 0 Å². The third-order valence-electron chi connectivity index (χ3n) is 5.40. The van der Waals surface area contributed by atoms with Crippen LogP contribution in [0.2, 0.25) is 0 Å². The summed E-state index contributed by atoms with van der Waals surface area (Å²) < 4.78 is 12.9. The molecule has 2 amide bonds. The van der Waals surface area contributed by atoms with Crippen LogP contribution in [-0.2, 0) is 16.1 Å². The Labute approximate surface area is 154 Å². The van der Waals surface area contributed by atoms with Crippen LogP contribution in [0.4, 0.5) is 4.39 Å². The molecule has 5 nitrogen and oxygen atoms in total. The normalized spacial score (nSPS) is 18.9. The van der Waals surface area contributed by atoms with Gasteiger partial charge in [-0.15, -0.1) is 0 Å². The Morgan fingerprint density at radius 1 is 1.04 bits per heavy atom. The molecule has 2 heterocycles. The van der Waals surface area contributed by atoms with E-state index < -0.39 is 0 Å². The first-order valence-corrected chi connectivity index (χ1v) is 9.61. The maximum absolute atomic E-state index is 12.9. The van der Waals surface area contributed by atoms with E-state index in [2.05, 4.69) is 10.2 Å². The summed E-state index contributed by atoms with van der Waals surface area (Å²) in [6.45, 7) is 4.37. The fraction of sp³-hybridized carbons (Fsp3) is 0.600. The van der Waals surface area contributed by atoms with E-state index in [0.717, 1.165) is 57.4 Å². The molecule has 2 aliphatic rings. The van der Waals surface area contributed by atoms with Gasteiger partial charge in [-0.1, -0.05) is 12.1 Å². The van der Waals surface area contributed by atoms with E-state index in [9.17, 15) is 14.0 Å². The molecule has 0 saturated carbocycles. The van der Waals surface area contributed by atoms with E-state index in [-0.39, 0.29) is 11.7 Å². The number of benzene rings is 1. The summed E-state index contributed by atoms with van der Waals surface area (Å²) in [5.74, 6) is 0.465. The number of carbonyl (C=O) groups excluding carboxylic acids is 2. The number of hydrogen-bond donors (Lipinski definition) is 1. The maximum Gasteiger partial charge on any atom is 0.234 e. The molecule has 0 aliphatic carbocycles. The van der Waals surface area contributed by atoms with Crippen molar-refractivity contribution in [3.63, 3.8) is 0 Å². The van der Waals surface area contributed by atoms with Crippen LogP contribution in [0.1, 0.15) is 37.7 Å². The molecule has 0 atom stereocenters. The second kappa shape index (κ2) is 9.12. The lowest BCUT2D eigenvalue weighted by Crippen LogP contribution is -2.42. The predicted octanol–water partition coefficient (Wildman–Crippen LogP) is 2.17. The molecule has 2 aliphatic heterocycles. The molecule has 3 rings (SSSR count). The molecular weight excluding hydrogens is 333 g/mol. The van der Waals surface area contributed by atoms with Crippen LogP contribution in [0.5, 0.6) is 0 Å². The lowest BCUT2D eigenvalue weighted by molar-refractivity contribution is -0.131. The van der Waals surface area contributed by atoms with Crippen LogP contribution in [0.25, 0.3) is 0 Å². The minimum atomic E-state index is -0.272. The highest BCUT2D eigenvalue weighted by Gasteiger charge is 2.25. The van der Waals surface area contributed by atoms with Crippen LogP contribution < -0.4 is 5.32 Å². The largest absolute Gasteiger partial charge is 0.351 e. The molecule has 142 valence electrons. The number of halogens is 1. The number of nitrogens with zero attached hydrogens (tertiary/aromatic N) is 2. The Balaban J connectivity index is 1.33. The molecule has 0 aromatic heterocycles. The van der Waals surface area contributed by atoms with Crippen molar-refractivity contribution in [1.82, 2.24) is 15.1 Å². The lowest BCUT2D eigenvalue weighted by atomic mass is 9.93. The highest BCUT2D eigenvalue weighted by Crippen LogP contribution is 2.22. The smallest absolute Gasteiger partial charge is 0.234 e. The Hall–Kier alpha value is -1.95. The Kier molecular flexibility index (Phi) is 6.61. The molecule has 26 heavy (non-hydrogen) atoms. The summed E-state index contributed by atoms with van der Waals surface area (Å²) in [5, 5.41) is 2.88. The van der Waals surface area contributed by atoms with E-state index in [1.165, 1.54) is 12.1 Å². The van der Waals surface area contributed by atoms with Gasteiger partial charge in [0, 0.05) is 26.1 Å². The summed E-state index contributed by atoms with van der Waals surface area (Å²) in [4.78, 5) is 28.5. The minimum Gasteiger partial charge on any atom is -0.351 e. The number of nitrogens with one attached hydrogen (secondary N) is 1. The summed E-state index contributed by atoms with van der Waals surface area (Å²) in [5.41, 5.74) is 0.888. The minimum absolute atomic E-state index is 0.0130. The van der Waals surface area contributed by atoms with E-state index in [4.69, 9.17) is 0 Å². The van der Waals surface area contributed by atoms with Crippen LogP contribution in [-0.4, -0.2) is 54.3 Å². The fourth-order valence-corrected chi connectivity index (χ4v) is 3.75. The van der Waals surface area contributed by atoms with Crippen molar-refractivity contribution in [2.45, 2.75) is 38.6 Å². The molecular formula is C20H28FN3O2. The summed E-state index contributed by atoms with van der Waals surface area (Å²) in [7, 11) is 0. The SMILES string of the molecule is O=C(CN1CCC(CC(=O)N2CCCC2)CC1)NCc1ccc(F)cc1. The molecule has 0 spiro atoms. The van der Waals surface area contributed by atoms with Crippen molar-refractivity contribution in [3.05, 3.63) is 35.6 Å². The summed E-state index contributed by atoms with van der Waals surface area (Å²) >= 11 is 0. The number of hydrogen-bond acceptors (Lipinski definition) is 3. The maximum atomic E-state index is 12.9. The van der Waals surface area contributed by atoms with Gasteiger partial charge in [-0.05, 0) is 62.4 Å². The van der Waals surface area contributed by atoms with Gasteiger partial charge in [-0.25, -0.2) is 4.39 Å². The average Bonchev–Trinajstić information content (AvgIpc) is 3.18. The van der Waals surface area contributed by atoms with Gasteiger partial charge in [-0.2, -0.15) is 0 Å². The molecule has 1 aromatic rings. The molecule has 1 N–H and O–H groups in total. The van der Waals surface area contributed by atoms with E-state index in [1.807, 2.05) is 4.90 Å². The van der Waals surface area contributed by atoms with Gasteiger partial charge in [0.15, 0.2) is 0 Å². The van der Waals surface area contributed by atoms with Crippen molar-refractivity contribution >= 4 is 11.8 Å². The van der Waals surface area contributed by atoms with Crippen molar-refractivity contribution in [2.75, 3.05) is 32.7 Å². The zero-order valence-corrected chi connectivity index (χ0v) is 15.3. The van der Waals surface area contributed by atoms with Crippen molar-refractivity contribution in [2.24, 2.45) is 5.92 Å². The molecule has 0 unspecified atom stereocenters. The first kappa shape index (κ1) is 18.8. The van der Waals surface area contributed by atoms with Crippen LogP contribution in [0, 0.1) is 11.7 Å². The highest BCUT2D eigenvalue weighted by molar-refractivity contribution is 5.78. The van der Waals surface area contributed by atoms with Crippen molar-refractivity contribution in [3.8, 4) is 0 Å². The second-order valence-corrected chi connectivity index (χ2v) is 7.41. The van der Waals surface area contributed by atoms with Gasteiger partial charge in [0.1, 0.15) is 5.82 Å². The Morgan fingerprint density at radius 2 is 1.69 bits per heavy atom. The Bertz CT molecular complexity index is 606. The highest BCUT2D eigenvalue weighted by atomic mass is 19.1. The van der Waals surface area contributed by atoms with Gasteiger partial charge in [0.05, 0.1) is 6.54 Å². The fourth-order valence-electron chi connectivity index (χ4n) is 3.75. The molecule has 0 radical (unpaired) electrons. The third kappa shape index (κ3) is 5.53. The van der Waals surface area contributed by atoms with Gasteiger partial charge in [0.2, 0.25) is 11.8 Å². The van der Waals surface area contributed by atoms with Gasteiger partial charge in [-0.3, -0.25) is 14.5 Å². The van der Waals surface area contributed by atoms with Crippen molar-refractivity contribution in [1.29, 1.82) is 0 Å². The van der Waals surface area contributed by atoms with Crippen LogP contribution in [0.3, 0.4) is 0 Å². The molecule has 1 aromatic carbocycles. The average molecular weight is 361 g/mol. The van der Waals surface area contributed by atoms with Gasteiger partial charge in [0.25, 0.3) is 0 Å². The number of piperidine rings is 1. The summed E-state index contributed by atoms with van der Waals surface area (Å²) in [6, 6.07) is 6.16. The quantitative estimate of drug-likeness (QED) is 0.845. The molecule has 2 fully saturated rings. The number of likely N-dealkylation sites (tertiary alicyclic amines) is 2. The monoisotopic (exact) mass is 361 g/mol. The number of rotatable bonds is 6. The third-order valence-corrected chi connectivity index (χ3v) is 5.40. The van der Waals surface area contributed by atoms with Gasteiger partial charge >= 0.3 is 0 Å². The second-order valence-electron chi connectivity index (χ2n) is 7.41. The first-order chi connectivity index (χ1) is 12.6. The van der Waals surface area contributed by atoms with E-state index in [1.54, 1.807) is 12.1 Å². The molecule has 0 bridgehead atoms. The van der Waals surface area contributed by atoms with Crippen LogP contribution in [0.15, 0.2) is 24.3 Å². The van der Waals surface area contributed by atoms with Crippen molar-refractivity contribution < 1.29 is 14.0 Å². The zero-order valence-electron chi connectivity index (χ0n) is 15.3.